The lowest BCUT2D eigenvalue weighted by molar-refractivity contribution is 0.597. The van der Waals surface area contributed by atoms with Crippen molar-refractivity contribution in [2.75, 3.05) is 7.05 Å². The summed E-state index contributed by atoms with van der Waals surface area (Å²) in [6.07, 6.45) is 3.86. The third kappa shape index (κ3) is 2.62. The van der Waals surface area contributed by atoms with Crippen molar-refractivity contribution in [1.29, 1.82) is 0 Å². The highest BCUT2D eigenvalue weighted by atomic mass is 79.9. The minimum absolute atomic E-state index is 0.0307. The Morgan fingerprint density at radius 1 is 1.24 bits per heavy atom. The molecule has 1 atom stereocenters. The monoisotopic (exact) mass is 346 g/mol. The lowest BCUT2D eigenvalue weighted by Crippen LogP contribution is -2.20. The molecule has 0 aliphatic carbocycles. The van der Waals surface area contributed by atoms with Crippen LogP contribution in [0.2, 0.25) is 0 Å². The number of nitrogens with zero attached hydrogens (tertiary/aromatic N) is 5. The minimum atomic E-state index is -0.0307. The van der Waals surface area contributed by atoms with Crippen molar-refractivity contribution >= 4 is 15.9 Å². The number of benzene rings is 1. The van der Waals surface area contributed by atoms with Crippen molar-refractivity contribution in [3.63, 3.8) is 0 Å². The zero-order chi connectivity index (χ0) is 14.8. The highest BCUT2D eigenvalue weighted by Crippen LogP contribution is 2.26. The lowest BCUT2D eigenvalue weighted by Gasteiger charge is -2.14. The van der Waals surface area contributed by atoms with Crippen LogP contribution in [0.25, 0.3) is 5.69 Å². The molecule has 1 N–H and O–H groups in total. The van der Waals surface area contributed by atoms with Crippen LogP contribution < -0.4 is 5.32 Å². The number of aromatic nitrogens is 5. The summed E-state index contributed by atoms with van der Waals surface area (Å²) in [5.41, 5.74) is 3.04. The zero-order valence-electron chi connectivity index (χ0n) is 11.7. The number of hydrogen-bond acceptors (Lipinski definition) is 4. The molecule has 1 unspecified atom stereocenters. The number of para-hydroxylation sites is 1. The molecule has 108 valence electrons. The first-order chi connectivity index (χ1) is 10.2. The Kier molecular flexibility index (Phi) is 3.85. The molecule has 0 saturated heterocycles. The molecule has 0 aliphatic rings. The van der Waals surface area contributed by atoms with E-state index in [1.807, 2.05) is 61.5 Å². The maximum absolute atomic E-state index is 4.44. The van der Waals surface area contributed by atoms with Crippen LogP contribution in [0.5, 0.6) is 0 Å². The topological polar surface area (TPSA) is 60.6 Å². The predicted molar refractivity (Wildman–Crippen MR) is 83.2 cm³/mol. The van der Waals surface area contributed by atoms with Gasteiger partial charge in [-0.15, -0.1) is 5.10 Å². The van der Waals surface area contributed by atoms with Crippen molar-refractivity contribution in [1.82, 2.24) is 30.1 Å². The average Bonchev–Trinajstić information content (AvgIpc) is 3.11. The Bertz CT molecular complexity index is 714. The van der Waals surface area contributed by atoms with E-state index < -0.39 is 0 Å². The number of rotatable bonds is 4. The molecule has 21 heavy (non-hydrogen) atoms. The normalized spacial score (nSPS) is 12.5. The van der Waals surface area contributed by atoms with E-state index in [0.29, 0.717) is 0 Å². The van der Waals surface area contributed by atoms with Crippen molar-refractivity contribution < 1.29 is 0 Å². The Hall–Kier alpha value is -1.99. The van der Waals surface area contributed by atoms with Gasteiger partial charge in [-0.2, -0.15) is 5.10 Å². The summed E-state index contributed by atoms with van der Waals surface area (Å²) in [7, 11) is 3.78. The maximum atomic E-state index is 4.44. The molecule has 1 aromatic carbocycles. The summed E-state index contributed by atoms with van der Waals surface area (Å²) in [6, 6.07) is 9.99. The first-order valence-electron chi connectivity index (χ1n) is 6.53. The average molecular weight is 347 g/mol. The number of nitrogens with one attached hydrogen (secondary N) is 1. The Balaban J connectivity index is 1.98. The molecule has 3 rings (SSSR count). The van der Waals surface area contributed by atoms with Gasteiger partial charge in [0.05, 0.1) is 23.6 Å². The smallest absolute Gasteiger partial charge is 0.153 e. The highest BCUT2D eigenvalue weighted by Gasteiger charge is 2.21. The van der Waals surface area contributed by atoms with Crippen LogP contribution in [0.3, 0.4) is 0 Å². The summed E-state index contributed by atoms with van der Waals surface area (Å²) in [5, 5.41) is 15.8. The fourth-order valence-corrected chi connectivity index (χ4v) is 2.87. The molecule has 7 heteroatoms. The first-order valence-corrected chi connectivity index (χ1v) is 7.32. The van der Waals surface area contributed by atoms with Crippen molar-refractivity contribution in [2.24, 2.45) is 7.05 Å². The van der Waals surface area contributed by atoms with Gasteiger partial charge in [-0.05, 0) is 35.1 Å². The summed E-state index contributed by atoms with van der Waals surface area (Å²) < 4.78 is 4.35. The number of aryl methyl sites for hydroxylation is 1. The van der Waals surface area contributed by atoms with E-state index in [1.165, 1.54) is 0 Å². The van der Waals surface area contributed by atoms with Gasteiger partial charge in [0.25, 0.3) is 0 Å². The standard InChI is InChI=1S/C14H15BrN6/c1-16-12(13-14(15)18-19-20(13)2)10-8-17-21(9-10)11-6-4-3-5-7-11/h3-9,12,16H,1-2H3. The fourth-order valence-electron chi connectivity index (χ4n) is 2.31. The van der Waals surface area contributed by atoms with Crippen molar-refractivity contribution in [3.05, 3.63) is 58.6 Å². The van der Waals surface area contributed by atoms with Crippen LogP contribution in [0, 0.1) is 0 Å². The number of halogens is 1. The third-order valence-electron chi connectivity index (χ3n) is 3.35. The van der Waals surface area contributed by atoms with Gasteiger partial charge in [0.1, 0.15) is 0 Å². The van der Waals surface area contributed by atoms with E-state index >= 15 is 0 Å². The van der Waals surface area contributed by atoms with Crippen LogP contribution >= 0.6 is 15.9 Å². The van der Waals surface area contributed by atoms with Gasteiger partial charge in [0.15, 0.2) is 4.60 Å². The van der Waals surface area contributed by atoms with Crippen LogP contribution in [-0.4, -0.2) is 31.8 Å². The van der Waals surface area contributed by atoms with E-state index in [0.717, 1.165) is 21.5 Å². The second-order valence-electron chi connectivity index (χ2n) is 4.66. The lowest BCUT2D eigenvalue weighted by atomic mass is 10.1. The van der Waals surface area contributed by atoms with Crippen LogP contribution in [0.15, 0.2) is 47.3 Å². The molecule has 0 aliphatic heterocycles. The molecule has 2 aromatic heterocycles. The zero-order valence-corrected chi connectivity index (χ0v) is 13.3. The van der Waals surface area contributed by atoms with E-state index in [1.54, 1.807) is 4.68 Å². The Morgan fingerprint density at radius 3 is 2.62 bits per heavy atom. The highest BCUT2D eigenvalue weighted by molar-refractivity contribution is 9.10. The molecular formula is C14H15BrN6. The van der Waals surface area contributed by atoms with E-state index in [4.69, 9.17) is 0 Å². The van der Waals surface area contributed by atoms with Crippen LogP contribution in [0.4, 0.5) is 0 Å². The van der Waals surface area contributed by atoms with E-state index in [-0.39, 0.29) is 6.04 Å². The molecule has 2 heterocycles. The Labute approximate surface area is 130 Å². The first kappa shape index (κ1) is 14.0. The molecule has 3 aromatic rings. The summed E-state index contributed by atoms with van der Waals surface area (Å²) in [5.74, 6) is 0. The van der Waals surface area contributed by atoms with Gasteiger partial charge in [-0.3, -0.25) is 0 Å². The Morgan fingerprint density at radius 2 is 2.00 bits per heavy atom. The van der Waals surface area contributed by atoms with E-state index in [2.05, 4.69) is 36.7 Å². The van der Waals surface area contributed by atoms with Gasteiger partial charge in [0.2, 0.25) is 0 Å². The largest absolute Gasteiger partial charge is 0.308 e. The maximum Gasteiger partial charge on any atom is 0.153 e. The second-order valence-corrected chi connectivity index (χ2v) is 5.42. The molecule has 0 spiro atoms. The molecule has 6 nitrogen and oxygen atoms in total. The summed E-state index contributed by atoms with van der Waals surface area (Å²) in [4.78, 5) is 0. The van der Waals surface area contributed by atoms with Crippen molar-refractivity contribution in [3.8, 4) is 5.69 Å². The number of hydrogen-bond donors (Lipinski definition) is 1. The predicted octanol–water partition coefficient (Wildman–Crippen LogP) is 2.07. The van der Waals surface area contributed by atoms with Crippen LogP contribution in [0.1, 0.15) is 17.3 Å². The molecule has 0 fully saturated rings. The molecule has 0 amide bonds. The third-order valence-corrected chi connectivity index (χ3v) is 3.91. The van der Waals surface area contributed by atoms with Crippen molar-refractivity contribution in [2.45, 2.75) is 6.04 Å². The fraction of sp³-hybridized carbons (Fsp3) is 0.214. The molecular weight excluding hydrogens is 332 g/mol. The molecule has 0 radical (unpaired) electrons. The summed E-state index contributed by atoms with van der Waals surface area (Å²) in [6.45, 7) is 0. The van der Waals surface area contributed by atoms with E-state index in [9.17, 15) is 0 Å². The quantitative estimate of drug-likeness (QED) is 0.785. The second kappa shape index (κ2) is 5.79. The van der Waals surface area contributed by atoms with Gasteiger partial charge in [0, 0.05) is 18.8 Å². The van der Waals surface area contributed by atoms with Gasteiger partial charge >= 0.3 is 0 Å². The minimum Gasteiger partial charge on any atom is -0.308 e. The summed E-state index contributed by atoms with van der Waals surface area (Å²) >= 11 is 3.45. The SMILES string of the molecule is CNC(c1cnn(-c2ccccc2)c1)c1c(Br)nnn1C. The van der Waals surface area contributed by atoms with Gasteiger partial charge < -0.3 is 5.32 Å². The van der Waals surface area contributed by atoms with Crippen LogP contribution in [-0.2, 0) is 7.05 Å². The van der Waals surface area contributed by atoms with Gasteiger partial charge in [-0.1, -0.05) is 23.4 Å². The molecule has 0 saturated carbocycles. The molecule has 0 bridgehead atoms. The van der Waals surface area contributed by atoms with Gasteiger partial charge in [-0.25, -0.2) is 9.36 Å².